The second-order valence-corrected chi connectivity index (χ2v) is 7.20. The zero-order valence-corrected chi connectivity index (χ0v) is 13.2. The summed E-state index contributed by atoms with van der Waals surface area (Å²) in [5.74, 6) is 2.22. The molecule has 1 saturated carbocycles. The monoisotopic (exact) mass is 297 g/mol. The molecule has 4 nitrogen and oxygen atoms in total. The first-order valence-electron chi connectivity index (χ1n) is 8.39. The quantitative estimate of drug-likeness (QED) is 0.876. The third kappa shape index (κ3) is 2.04. The number of para-hydroxylation sites is 1. The van der Waals surface area contributed by atoms with Crippen LogP contribution in [0.1, 0.15) is 43.6 Å². The van der Waals surface area contributed by atoms with Gasteiger partial charge < -0.3 is 4.90 Å². The van der Waals surface area contributed by atoms with Gasteiger partial charge in [-0.05, 0) is 30.2 Å². The zero-order chi connectivity index (χ0) is 15.3. The highest BCUT2D eigenvalue weighted by Gasteiger charge is 2.46. The molecule has 0 radical (unpaired) electrons. The molecule has 1 amide bonds. The van der Waals surface area contributed by atoms with Crippen LogP contribution in [0.5, 0.6) is 0 Å². The minimum Gasteiger partial charge on any atom is -0.334 e. The van der Waals surface area contributed by atoms with E-state index in [2.05, 4.69) is 28.9 Å². The Bertz CT molecular complexity index is 707. The number of fused-ring (bicyclic) bond motifs is 2. The lowest BCUT2D eigenvalue weighted by molar-refractivity contribution is -0.00605. The van der Waals surface area contributed by atoms with Crippen molar-refractivity contribution in [1.29, 1.82) is 0 Å². The van der Waals surface area contributed by atoms with Crippen molar-refractivity contribution in [2.75, 3.05) is 6.54 Å². The van der Waals surface area contributed by atoms with E-state index < -0.39 is 0 Å². The van der Waals surface area contributed by atoms with Gasteiger partial charge in [-0.1, -0.05) is 44.9 Å². The lowest BCUT2D eigenvalue weighted by atomic mass is 9.77. The maximum Gasteiger partial charge on any atom is 0.275 e. The van der Waals surface area contributed by atoms with E-state index in [1.807, 2.05) is 24.3 Å². The molecule has 2 aromatic rings. The SMILES string of the molecule is CC1CC[C@@H](C)CC2[C@@H]1CN2C(=O)c1n[nH]c2ccccc12. The molecule has 22 heavy (non-hydrogen) atoms. The summed E-state index contributed by atoms with van der Waals surface area (Å²) in [7, 11) is 0. The van der Waals surface area contributed by atoms with E-state index in [9.17, 15) is 4.79 Å². The van der Waals surface area contributed by atoms with Crippen molar-refractivity contribution in [3.63, 3.8) is 0 Å². The number of carbonyl (C=O) groups is 1. The Labute approximate surface area is 130 Å². The van der Waals surface area contributed by atoms with Gasteiger partial charge in [-0.3, -0.25) is 9.89 Å². The molecule has 1 saturated heterocycles. The fourth-order valence-corrected chi connectivity index (χ4v) is 4.23. The number of nitrogens with one attached hydrogen (secondary N) is 1. The van der Waals surface area contributed by atoms with E-state index in [-0.39, 0.29) is 5.91 Å². The van der Waals surface area contributed by atoms with E-state index in [4.69, 9.17) is 0 Å². The molecule has 1 aromatic carbocycles. The number of benzene rings is 1. The van der Waals surface area contributed by atoms with E-state index in [1.165, 1.54) is 12.8 Å². The highest BCUT2D eigenvalue weighted by molar-refractivity contribution is 6.05. The first-order chi connectivity index (χ1) is 10.6. The molecule has 2 unspecified atom stereocenters. The maximum absolute atomic E-state index is 12.9. The number of H-pyrrole nitrogens is 1. The zero-order valence-electron chi connectivity index (χ0n) is 13.2. The Morgan fingerprint density at radius 3 is 2.95 bits per heavy atom. The molecular formula is C18H23N3O. The molecule has 1 aliphatic heterocycles. The number of likely N-dealkylation sites (tertiary alicyclic amines) is 1. The molecule has 1 aromatic heterocycles. The fourth-order valence-electron chi connectivity index (χ4n) is 4.23. The van der Waals surface area contributed by atoms with Crippen LogP contribution >= 0.6 is 0 Å². The molecule has 2 heterocycles. The van der Waals surface area contributed by atoms with Crippen molar-refractivity contribution in [2.45, 2.75) is 39.2 Å². The summed E-state index contributed by atoms with van der Waals surface area (Å²) in [6.45, 7) is 5.57. The summed E-state index contributed by atoms with van der Waals surface area (Å²) in [6.07, 6.45) is 3.74. The van der Waals surface area contributed by atoms with Gasteiger partial charge in [0.25, 0.3) is 5.91 Å². The van der Waals surface area contributed by atoms with Crippen molar-refractivity contribution < 1.29 is 4.79 Å². The molecule has 2 fully saturated rings. The van der Waals surface area contributed by atoms with E-state index in [1.54, 1.807) is 0 Å². The molecule has 0 spiro atoms. The van der Waals surface area contributed by atoms with Crippen LogP contribution in [0.3, 0.4) is 0 Å². The van der Waals surface area contributed by atoms with Gasteiger partial charge in [0, 0.05) is 18.0 Å². The smallest absolute Gasteiger partial charge is 0.275 e. The number of aromatic amines is 1. The van der Waals surface area contributed by atoms with Crippen molar-refractivity contribution in [3.8, 4) is 0 Å². The van der Waals surface area contributed by atoms with Crippen LogP contribution in [0, 0.1) is 17.8 Å². The molecule has 2 aliphatic rings. The summed E-state index contributed by atoms with van der Waals surface area (Å²) >= 11 is 0. The fraction of sp³-hybridized carbons (Fsp3) is 0.556. The number of nitrogens with zero attached hydrogens (tertiary/aromatic N) is 2. The van der Waals surface area contributed by atoms with Crippen molar-refractivity contribution in [1.82, 2.24) is 15.1 Å². The van der Waals surface area contributed by atoms with Gasteiger partial charge in [0.1, 0.15) is 0 Å². The Hall–Kier alpha value is -1.84. The van der Waals surface area contributed by atoms with Crippen molar-refractivity contribution in [2.24, 2.45) is 17.8 Å². The second kappa shape index (κ2) is 5.11. The van der Waals surface area contributed by atoms with Crippen LogP contribution in [0.15, 0.2) is 24.3 Å². The predicted molar refractivity (Wildman–Crippen MR) is 86.6 cm³/mol. The topological polar surface area (TPSA) is 49.0 Å². The van der Waals surface area contributed by atoms with Crippen molar-refractivity contribution in [3.05, 3.63) is 30.0 Å². The number of carbonyl (C=O) groups excluding carboxylic acids is 1. The normalized spacial score (nSPS) is 31.5. The van der Waals surface area contributed by atoms with Crippen LogP contribution in [-0.2, 0) is 0 Å². The Balaban J connectivity index is 1.61. The predicted octanol–water partition coefficient (Wildman–Crippen LogP) is 3.46. The van der Waals surface area contributed by atoms with Gasteiger partial charge >= 0.3 is 0 Å². The molecule has 116 valence electrons. The molecule has 0 bridgehead atoms. The Morgan fingerprint density at radius 2 is 2.09 bits per heavy atom. The van der Waals surface area contributed by atoms with Crippen LogP contribution < -0.4 is 0 Å². The standard InChI is InChI=1S/C18H23N3O/c1-11-7-8-12(2)14-10-21(16(14)9-11)18(22)17-13-5-3-4-6-15(13)19-20-17/h3-6,11-12,14,16H,7-10H2,1-2H3,(H,19,20)/t11-,12?,14-,16?/m1/s1. The molecule has 4 atom stereocenters. The second-order valence-electron chi connectivity index (χ2n) is 7.20. The average molecular weight is 297 g/mol. The molecule has 4 rings (SSSR count). The molecule has 1 N–H and O–H groups in total. The molecule has 1 aliphatic carbocycles. The maximum atomic E-state index is 12.9. The summed E-state index contributed by atoms with van der Waals surface area (Å²) in [5.41, 5.74) is 1.52. The number of hydrogen-bond donors (Lipinski definition) is 1. The first kappa shape index (κ1) is 13.8. The number of aromatic nitrogens is 2. The van der Waals surface area contributed by atoms with Crippen LogP contribution in [0.2, 0.25) is 0 Å². The summed E-state index contributed by atoms with van der Waals surface area (Å²) in [6, 6.07) is 8.28. The van der Waals surface area contributed by atoms with E-state index in [0.29, 0.717) is 23.6 Å². The van der Waals surface area contributed by atoms with Crippen LogP contribution in [0.4, 0.5) is 0 Å². The van der Waals surface area contributed by atoms with E-state index >= 15 is 0 Å². The van der Waals surface area contributed by atoms with E-state index in [0.717, 1.165) is 29.8 Å². The van der Waals surface area contributed by atoms with Crippen LogP contribution in [-0.4, -0.2) is 33.6 Å². The lowest BCUT2D eigenvalue weighted by Crippen LogP contribution is -2.60. The summed E-state index contributed by atoms with van der Waals surface area (Å²) in [4.78, 5) is 15.0. The minimum absolute atomic E-state index is 0.0972. The lowest BCUT2D eigenvalue weighted by Gasteiger charge is -2.50. The Morgan fingerprint density at radius 1 is 1.27 bits per heavy atom. The minimum atomic E-state index is 0.0972. The van der Waals surface area contributed by atoms with Gasteiger partial charge in [0.05, 0.1) is 5.52 Å². The summed E-state index contributed by atoms with van der Waals surface area (Å²) < 4.78 is 0. The molecule has 4 heteroatoms. The highest BCUT2D eigenvalue weighted by Crippen LogP contribution is 2.42. The molecular weight excluding hydrogens is 274 g/mol. The number of rotatable bonds is 1. The van der Waals surface area contributed by atoms with Gasteiger partial charge in [-0.15, -0.1) is 0 Å². The third-order valence-corrected chi connectivity index (χ3v) is 5.73. The number of amides is 1. The van der Waals surface area contributed by atoms with Crippen molar-refractivity contribution >= 4 is 16.8 Å². The van der Waals surface area contributed by atoms with Gasteiger partial charge in [0.15, 0.2) is 5.69 Å². The number of hydrogen-bond acceptors (Lipinski definition) is 2. The van der Waals surface area contributed by atoms with Gasteiger partial charge in [-0.25, -0.2) is 0 Å². The Kier molecular flexibility index (Phi) is 3.21. The largest absolute Gasteiger partial charge is 0.334 e. The third-order valence-electron chi connectivity index (χ3n) is 5.73. The highest BCUT2D eigenvalue weighted by atomic mass is 16.2. The van der Waals surface area contributed by atoms with Crippen LogP contribution in [0.25, 0.3) is 10.9 Å². The first-order valence-corrected chi connectivity index (χ1v) is 8.39. The van der Waals surface area contributed by atoms with Gasteiger partial charge in [-0.2, -0.15) is 5.10 Å². The summed E-state index contributed by atoms with van der Waals surface area (Å²) in [5, 5.41) is 8.19. The van der Waals surface area contributed by atoms with Gasteiger partial charge in [0.2, 0.25) is 0 Å². The average Bonchev–Trinajstić information content (AvgIpc) is 2.89.